The predicted octanol–water partition coefficient (Wildman–Crippen LogP) is 3.52. The summed E-state index contributed by atoms with van der Waals surface area (Å²) in [6.07, 6.45) is 12.2. The van der Waals surface area contributed by atoms with Gasteiger partial charge in [-0.25, -0.2) is 0 Å². The van der Waals surface area contributed by atoms with E-state index in [1.165, 1.54) is 33.4 Å². The third-order valence-corrected chi connectivity index (χ3v) is 8.71. The number of rotatable bonds is 6. The van der Waals surface area contributed by atoms with Crippen LogP contribution in [0.1, 0.15) is 85.3 Å². The first-order valence-corrected chi connectivity index (χ1v) is 14.2. The molecule has 0 saturated heterocycles. The van der Waals surface area contributed by atoms with Crippen LogP contribution in [-0.4, -0.2) is 37.8 Å². The van der Waals surface area contributed by atoms with Gasteiger partial charge in [0.1, 0.15) is 0 Å². The second-order valence-corrected chi connectivity index (χ2v) is 10.8. The van der Waals surface area contributed by atoms with Crippen LogP contribution in [-0.2, 0) is 24.1 Å². The highest BCUT2D eigenvalue weighted by Crippen LogP contribution is 2.27. The van der Waals surface area contributed by atoms with Crippen LogP contribution in [0, 0.1) is 20.8 Å². The molecule has 3 aromatic heterocycles. The van der Waals surface area contributed by atoms with E-state index in [4.69, 9.17) is 4.99 Å². The fourth-order valence-electron chi connectivity index (χ4n) is 6.38. The molecular formula is C33H40N4O2. The zero-order valence-corrected chi connectivity index (χ0v) is 24.2. The summed E-state index contributed by atoms with van der Waals surface area (Å²) in [5.41, 5.74) is 13.0. The highest BCUT2D eigenvalue weighted by molar-refractivity contribution is 6.22. The van der Waals surface area contributed by atoms with Gasteiger partial charge in [0.25, 0.3) is 0 Å². The van der Waals surface area contributed by atoms with Crippen LogP contribution in [0.25, 0.3) is 24.3 Å². The number of carboxylic acids is 1. The number of nitrogens with one attached hydrogen (secondary N) is 3. The summed E-state index contributed by atoms with van der Waals surface area (Å²) in [6.45, 7) is 15.2. The maximum Gasteiger partial charge on any atom is 0.303 e. The van der Waals surface area contributed by atoms with Crippen molar-refractivity contribution in [1.29, 1.82) is 0 Å². The van der Waals surface area contributed by atoms with Crippen molar-refractivity contribution in [2.24, 2.45) is 4.99 Å². The Morgan fingerprint density at radius 2 is 1.41 bits per heavy atom. The highest BCUT2D eigenvalue weighted by atomic mass is 16.4. The zero-order valence-electron chi connectivity index (χ0n) is 24.2. The molecule has 204 valence electrons. The lowest BCUT2D eigenvalue weighted by Gasteiger charge is -2.07. The van der Waals surface area contributed by atoms with Crippen molar-refractivity contribution in [1.82, 2.24) is 15.0 Å². The third kappa shape index (κ3) is 4.66. The van der Waals surface area contributed by atoms with Gasteiger partial charge in [0.2, 0.25) is 0 Å². The molecule has 0 aliphatic carbocycles. The van der Waals surface area contributed by atoms with Crippen LogP contribution >= 0.6 is 0 Å². The molecule has 0 fully saturated rings. The quantitative estimate of drug-likeness (QED) is 0.397. The molecule has 0 aromatic carbocycles. The van der Waals surface area contributed by atoms with Crippen LogP contribution in [0.5, 0.6) is 0 Å². The average molecular weight is 525 g/mol. The maximum absolute atomic E-state index is 11.5. The lowest BCUT2D eigenvalue weighted by atomic mass is 9.98. The Balaban J connectivity index is 1.89. The number of aromatic nitrogens is 3. The van der Waals surface area contributed by atoms with Gasteiger partial charge in [0.05, 0.1) is 11.8 Å². The maximum atomic E-state index is 11.5. The molecule has 39 heavy (non-hydrogen) atoms. The van der Waals surface area contributed by atoms with Crippen LogP contribution in [0.15, 0.2) is 16.1 Å². The molecule has 1 atom stereocenters. The van der Waals surface area contributed by atoms with Crippen molar-refractivity contribution < 1.29 is 9.90 Å². The van der Waals surface area contributed by atoms with Gasteiger partial charge in [-0.2, -0.15) is 0 Å². The third-order valence-electron chi connectivity index (χ3n) is 8.71. The van der Waals surface area contributed by atoms with E-state index in [0.717, 1.165) is 68.9 Å². The number of aromatic amines is 3. The standard InChI is InChI=1S/C33H40N4O2/c1-8-21-17(4)25-13-26-20(7)24(11-12-33(38)39)32(37-26)16-31-23(10-3)19(6)28(36-31)15-30-22(9-2)18(5)27(35-30)14-29(21)34-25/h13-16,31,34-35,37H,8-12H2,1-7H3,(H,38,39)/b26-13-,27-14?,30-15?,32-16-. The van der Waals surface area contributed by atoms with Crippen LogP contribution in [0.3, 0.4) is 0 Å². The number of nitrogens with zero attached hydrogens (tertiary/aromatic N) is 1. The minimum absolute atomic E-state index is 0.0821. The summed E-state index contributed by atoms with van der Waals surface area (Å²) >= 11 is 0. The number of H-pyrrole nitrogens is 3. The second-order valence-electron chi connectivity index (χ2n) is 10.8. The molecule has 0 amide bonds. The van der Waals surface area contributed by atoms with Gasteiger partial charge in [0, 0.05) is 39.2 Å². The van der Waals surface area contributed by atoms with Gasteiger partial charge < -0.3 is 20.1 Å². The van der Waals surface area contributed by atoms with Crippen molar-refractivity contribution >= 4 is 36.0 Å². The number of carboxylic acid groups (broad SMARTS) is 1. The fraction of sp³-hybridized carbons (Fsp3) is 0.394. The Morgan fingerprint density at radius 1 is 0.769 bits per heavy atom. The van der Waals surface area contributed by atoms with Gasteiger partial charge in [-0.3, -0.25) is 9.79 Å². The Kier molecular flexibility index (Phi) is 7.15. The largest absolute Gasteiger partial charge is 0.481 e. The van der Waals surface area contributed by atoms with E-state index in [-0.39, 0.29) is 12.5 Å². The lowest BCUT2D eigenvalue weighted by Crippen LogP contribution is -2.17. The number of carbonyl (C=O) groups is 1. The van der Waals surface area contributed by atoms with E-state index in [1.807, 2.05) is 0 Å². The second kappa shape index (κ2) is 10.4. The Morgan fingerprint density at radius 3 is 2.05 bits per heavy atom. The van der Waals surface area contributed by atoms with E-state index >= 15 is 0 Å². The topological polar surface area (TPSA) is 97.0 Å². The fourth-order valence-corrected chi connectivity index (χ4v) is 6.38. The molecule has 6 heteroatoms. The van der Waals surface area contributed by atoms with Gasteiger partial charge in [-0.15, -0.1) is 0 Å². The summed E-state index contributed by atoms with van der Waals surface area (Å²) < 4.78 is 0. The molecule has 3 aromatic rings. The number of allylic oxidation sites excluding steroid dienone is 1. The van der Waals surface area contributed by atoms with Crippen molar-refractivity contribution in [3.05, 3.63) is 77.3 Å². The number of fused-ring (bicyclic) bond motifs is 7. The molecule has 0 spiro atoms. The number of hydrogen-bond acceptors (Lipinski definition) is 2. The van der Waals surface area contributed by atoms with Gasteiger partial charge in [-0.1, -0.05) is 20.8 Å². The van der Waals surface area contributed by atoms with Crippen LogP contribution in [0.2, 0.25) is 0 Å². The molecule has 1 unspecified atom stereocenters. The van der Waals surface area contributed by atoms with Crippen molar-refractivity contribution in [2.45, 2.75) is 86.6 Å². The molecule has 6 nitrogen and oxygen atoms in total. The van der Waals surface area contributed by atoms with E-state index in [2.05, 4.69) is 87.7 Å². The van der Waals surface area contributed by atoms with Gasteiger partial charge in [-0.05, 0) is 122 Å². The normalized spacial score (nSPS) is 18.1. The SMILES string of the molecule is CCC1=C(C)C2=NC1/C=c1\[nH]/c(c(C)c1CCC(=O)O)=C\c1[nH]c(c(CC)c1C)C=c1[nH]c(c(CC)c1C)=C2. The minimum Gasteiger partial charge on any atom is -0.481 e. The van der Waals surface area contributed by atoms with Gasteiger partial charge >= 0.3 is 5.97 Å². The first-order valence-electron chi connectivity index (χ1n) is 14.2. The highest BCUT2D eigenvalue weighted by Gasteiger charge is 2.23. The predicted molar refractivity (Wildman–Crippen MR) is 160 cm³/mol. The average Bonchev–Trinajstić information content (AvgIpc) is 3.55. The van der Waals surface area contributed by atoms with E-state index in [1.54, 1.807) is 0 Å². The number of hydrogen-bond donors (Lipinski definition) is 4. The molecule has 2 aliphatic rings. The molecule has 0 saturated carbocycles. The number of aliphatic imine (C=N–C) groups is 1. The smallest absolute Gasteiger partial charge is 0.303 e. The summed E-state index contributed by atoms with van der Waals surface area (Å²) in [5.74, 6) is -0.786. The first-order chi connectivity index (χ1) is 18.7. The number of aliphatic carboxylic acids is 1. The molecule has 2 aliphatic heterocycles. The summed E-state index contributed by atoms with van der Waals surface area (Å²) in [5, 5.41) is 13.7. The zero-order chi connectivity index (χ0) is 28.0. The van der Waals surface area contributed by atoms with Crippen molar-refractivity contribution in [2.75, 3.05) is 0 Å². The Labute approximate surface area is 229 Å². The van der Waals surface area contributed by atoms with E-state index in [0.29, 0.717) is 6.42 Å². The molecule has 5 rings (SSSR count). The summed E-state index contributed by atoms with van der Waals surface area (Å²) in [6, 6.07) is -0.0821. The van der Waals surface area contributed by atoms with Crippen molar-refractivity contribution in [3.8, 4) is 0 Å². The van der Waals surface area contributed by atoms with E-state index in [9.17, 15) is 9.90 Å². The first kappa shape index (κ1) is 26.8. The summed E-state index contributed by atoms with van der Waals surface area (Å²) in [7, 11) is 0. The molecule has 4 N–H and O–H groups in total. The Hall–Kier alpha value is -3.80. The monoisotopic (exact) mass is 524 g/mol. The van der Waals surface area contributed by atoms with Gasteiger partial charge in [0.15, 0.2) is 0 Å². The molecule has 5 heterocycles. The molecular weight excluding hydrogens is 484 g/mol. The van der Waals surface area contributed by atoms with Crippen molar-refractivity contribution in [3.63, 3.8) is 0 Å². The van der Waals surface area contributed by atoms with E-state index < -0.39 is 5.97 Å². The Bertz CT molecular complexity index is 1790. The van der Waals surface area contributed by atoms with Crippen LogP contribution in [0.4, 0.5) is 0 Å². The minimum atomic E-state index is -0.786. The molecule has 0 radical (unpaired) electrons. The lowest BCUT2D eigenvalue weighted by molar-refractivity contribution is -0.136. The molecule has 8 bridgehead atoms. The summed E-state index contributed by atoms with van der Waals surface area (Å²) in [4.78, 5) is 27.8. The van der Waals surface area contributed by atoms with Crippen LogP contribution < -0.4 is 21.4 Å².